The van der Waals surface area contributed by atoms with Gasteiger partial charge in [0.25, 0.3) is 0 Å². The lowest BCUT2D eigenvalue weighted by Crippen LogP contribution is -2.25. The van der Waals surface area contributed by atoms with Crippen molar-refractivity contribution in [2.45, 2.75) is 25.4 Å². The van der Waals surface area contributed by atoms with Gasteiger partial charge in [0.1, 0.15) is 0 Å². The van der Waals surface area contributed by atoms with Crippen LogP contribution < -0.4 is 10.6 Å². The molecule has 1 aromatic rings. The average Bonchev–Trinajstić information content (AvgIpc) is 2.36. The van der Waals surface area contributed by atoms with Crippen LogP contribution in [0.1, 0.15) is 20.3 Å². The standard InChI is InChI=1S/C11H21N5OS/c1-4-16(5-2)10-13-9(12)14-11(15-10)18-8-6-7-17-3/h4-8H2,1-3H3,(H2,12,13,14,15). The van der Waals surface area contributed by atoms with E-state index in [4.69, 9.17) is 10.5 Å². The van der Waals surface area contributed by atoms with E-state index in [9.17, 15) is 0 Å². The van der Waals surface area contributed by atoms with Gasteiger partial charge in [-0.25, -0.2) is 0 Å². The first-order chi connectivity index (χ1) is 8.71. The Morgan fingerprint density at radius 3 is 2.56 bits per heavy atom. The van der Waals surface area contributed by atoms with Gasteiger partial charge in [-0.05, 0) is 20.3 Å². The van der Waals surface area contributed by atoms with E-state index in [0.717, 1.165) is 31.9 Å². The van der Waals surface area contributed by atoms with Crippen LogP contribution in [-0.2, 0) is 4.74 Å². The number of ether oxygens (including phenoxy) is 1. The third kappa shape index (κ3) is 4.66. The second kappa shape index (κ2) is 8.10. The van der Waals surface area contributed by atoms with Crippen molar-refractivity contribution in [1.82, 2.24) is 15.0 Å². The molecule has 0 radical (unpaired) electrons. The second-order valence-electron chi connectivity index (χ2n) is 3.64. The van der Waals surface area contributed by atoms with Crippen LogP contribution in [0.2, 0.25) is 0 Å². The molecule has 0 aliphatic carbocycles. The Bertz CT molecular complexity index is 359. The molecule has 6 nitrogen and oxygen atoms in total. The maximum Gasteiger partial charge on any atom is 0.231 e. The third-order valence-corrected chi connectivity index (χ3v) is 3.32. The minimum Gasteiger partial charge on any atom is -0.385 e. The maximum absolute atomic E-state index is 5.71. The minimum atomic E-state index is 0.279. The Hall–Kier alpha value is -1.08. The summed E-state index contributed by atoms with van der Waals surface area (Å²) in [5, 5.41) is 0.681. The van der Waals surface area contributed by atoms with E-state index < -0.39 is 0 Å². The summed E-state index contributed by atoms with van der Waals surface area (Å²) >= 11 is 1.58. The molecule has 0 aromatic carbocycles. The average molecular weight is 271 g/mol. The Kier molecular flexibility index (Phi) is 6.74. The predicted octanol–water partition coefficient (Wildman–Crippen LogP) is 1.43. The summed E-state index contributed by atoms with van der Waals surface area (Å²) in [4.78, 5) is 14.8. The molecule has 0 amide bonds. The van der Waals surface area contributed by atoms with Gasteiger partial charge in [0.05, 0.1) is 0 Å². The van der Waals surface area contributed by atoms with Gasteiger partial charge in [0, 0.05) is 32.6 Å². The Labute approximate surface area is 112 Å². The highest BCUT2D eigenvalue weighted by Gasteiger charge is 2.09. The summed E-state index contributed by atoms with van der Waals surface area (Å²) in [5.41, 5.74) is 5.71. The number of rotatable bonds is 8. The Morgan fingerprint density at radius 2 is 1.94 bits per heavy atom. The fourth-order valence-corrected chi connectivity index (χ4v) is 2.19. The summed E-state index contributed by atoms with van der Waals surface area (Å²) in [7, 11) is 1.70. The van der Waals surface area contributed by atoms with Crippen LogP contribution in [0.3, 0.4) is 0 Å². The van der Waals surface area contributed by atoms with Crippen molar-refractivity contribution in [3.63, 3.8) is 0 Å². The van der Waals surface area contributed by atoms with E-state index in [1.54, 1.807) is 18.9 Å². The maximum atomic E-state index is 5.71. The molecule has 0 saturated carbocycles. The molecule has 0 saturated heterocycles. The Balaban J connectivity index is 2.68. The zero-order valence-electron chi connectivity index (χ0n) is 11.2. The van der Waals surface area contributed by atoms with Crippen LogP contribution in [0.5, 0.6) is 0 Å². The number of nitrogens with zero attached hydrogens (tertiary/aromatic N) is 4. The second-order valence-corrected chi connectivity index (χ2v) is 4.71. The molecule has 0 bridgehead atoms. The number of anilines is 2. The highest BCUT2D eigenvalue weighted by atomic mass is 32.2. The van der Waals surface area contributed by atoms with Crippen molar-refractivity contribution in [2.75, 3.05) is 43.2 Å². The van der Waals surface area contributed by atoms with Gasteiger partial charge >= 0.3 is 0 Å². The highest BCUT2D eigenvalue weighted by Crippen LogP contribution is 2.18. The topological polar surface area (TPSA) is 77.2 Å². The number of hydrogen-bond acceptors (Lipinski definition) is 7. The van der Waals surface area contributed by atoms with E-state index in [1.807, 2.05) is 0 Å². The van der Waals surface area contributed by atoms with Gasteiger partial charge in [0.15, 0.2) is 5.16 Å². The summed E-state index contributed by atoms with van der Waals surface area (Å²) in [6, 6.07) is 0. The van der Waals surface area contributed by atoms with Gasteiger partial charge in [0.2, 0.25) is 11.9 Å². The minimum absolute atomic E-state index is 0.279. The number of hydrogen-bond donors (Lipinski definition) is 1. The fraction of sp³-hybridized carbons (Fsp3) is 0.727. The lowest BCUT2D eigenvalue weighted by Gasteiger charge is -2.18. The number of thioether (sulfide) groups is 1. The van der Waals surface area contributed by atoms with Crippen molar-refractivity contribution in [2.24, 2.45) is 0 Å². The molecule has 7 heteroatoms. The molecule has 0 spiro atoms. The lowest BCUT2D eigenvalue weighted by atomic mass is 10.5. The van der Waals surface area contributed by atoms with Gasteiger partial charge < -0.3 is 15.4 Å². The quantitative estimate of drug-likeness (QED) is 0.566. The molecule has 18 heavy (non-hydrogen) atoms. The van der Waals surface area contributed by atoms with Crippen molar-refractivity contribution in [3.05, 3.63) is 0 Å². The molecule has 0 atom stereocenters. The van der Waals surface area contributed by atoms with Crippen LogP contribution in [-0.4, -0.2) is 47.5 Å². The summed E-state index contributed by atoms with van der Waals surface area (Å²) in [5.74, 6) is 1.84. The zero-order chi connectivity index (χ0) is 13.4. The molecule has 0 aliphatic heterocycles. The molecule has 2 N–H and O–H groups in total. The lowest BCUT2D eigenvalue weighted by molar-refractivity contribution is 0.200. The largest absolute Gasteiger partial charge is 0.385 e. The molecule has 102 valence electrons. The van der Waals surface area contributed by atoms with E-state index in [1.165, 1.54) is 0 Å². The van der Waals surface area contributed by atoms with Gasteiger partial charge in [-0.15, -0.1) is 0 Å². The molecular formula is C11H21N5OS. The number of nitrogens with two attached hydrogens (primary N) is 1. The highest BCUT2D eigenvalue weighted by molar-refractivity contribution is 7.99. The van der Waals surface area contributed by atoms with Crippen molar-refractivity contribution in [3.8, 4) is 0 Å². The van der Waals surface area contributed by atoms with E-state index in [2.05, 4.69) is 33.7 Å². The zero-order valence-corrected chi connectivity index (χ0v) is 12.0. The molecule has 0 unspecified atom stereocenters. The van der Waals surface area contributed by atoms with Crippen LogP contribution in [0.25, 0.3) is 0 Å². The van der Waals surface area contributed by atoms with Crippen molar-refractivity contribution < 1.29 is 4.74 Å². The first kappa shape index (κ1) is 15.0. The third-order valence-electron chi connectivity index (χ3n) is 2.39. The molecule has 1 aromatic heterocycles. The van der Waals surface area contributed by atoms with Crippen LogP contribution in [0.4, 0.5) is 11.9 Å². The first-order valence-corrected chi connectivity index (χ1v) is 7.08. The SMILES string of the molecule is CCN(CC)c1nc(N)nc(SCCCOC)n1. The monoisotopic (exact) mass is 271 g/mol. The van der Waals surface area contributed by atoms with Crippen LogP contribution in [0, 0.1) is 0 Å². The Morgan fingerprint density at radius 1 is 1.22 bits per heavy atom. The smallest absolute Gasteiger partial charge is 0.231 e. The van der Waals surface area contributed by atoms with E-state index in [0.29, 0.717) is 11.1 Å². The molecule has 1 heterocycles. The van der Waals surface area contributed by atoms with Crippen LogP contribution in [0.15, 0.2) is 5.16 Å². The van der Waals surface area contributed by atoms with Crippen molar-refractivity contribution in [1.29, 1.82) is 0 Å². The molecular weight excluding hydrogens is 250 g/mol. The van der Waals surface area contributed by atoms with Gasteiger partial charge in [-0.1, -0.05) is 11.8 Å². The van der Waals surface area contributed by atoms with E-state index in [-0.39, 0.29) is 5.95 Å². The predicted molar refractivity (Wildman–Crippen MR) is 75.0 cm³/mol. The number of aromatic nitrogens is 3. The first-order valence-electron chi connectivity index (χ1n) is 6.09. The molecule has 0 fully saturated rings. The molecule has 0 aliphatic rings. The van der Waals surface area contributed by atoms with E-state index >= 15 is 0 Å². The van der Waals surface area contributed by atoms with Crippen LogP contribution >= 0.6 is 11.8 Å². The summed E-state index contributed by atoms with van der Waals surface area (Å²) < 4.78 is 5.00. The van der Waals surface area contributed by atoms with Gasteiger partial charge in [-0.2, -0.15) is 15.0 Å². The number of nitrogen functional groups attached to an aromatic ring is 1. The fourth-order valence-electron chi connectivity index (χ4n) is 1.44. The molecule has 1 rings (SSSR count). The van der Waals surface area contributed by atoms with Gasteiger partial charge in [-0.3, -0.25) is 0 Å². The summed E-state index contributed by atoms with van der Waals surface area (Å²) in [6.45, 7) is 6.59. The normalized spacial score (nSPS) is 10.6. The summed E-state index contributed by atoms with van der Waals surface area (Å²) in [6.07, 6.45) is 0.966. The van der Waals surface area contributed by atoms with Crippen molar-refractivity contribution >= 4 is 23.7 Å². The number of methoxy groups -OCH3 is 1.